The minimum atomic E-state index is -1.13. The van der Waals surface area contributed by atoms with E-state index in [1.807, 2.05) is 18.0 Å². The summed E-state index contributed by atoms with van der Waals surface area (Å²) in [6.07, 6.45) is 8.26. The predicted octanol–water partition coefficient (Wildman–Crippen LogP) is 4.26. The van der Waals surface area contributed by atoms with Crippen LogP contribution in [0.25, 0.3) is 11.0 Å². The lowest BCUT2D eigenvalue weighted by molar-refractivity contribution is 0.0741. The molecule has 0 aromatic carbocycles. The summed E-state index contributed by atoms with van der Waals surface area (Å²) in [7, 11) is -1.13. The molecule has 0 atom stereocenters. The number of hydrogen-bond acceptors (Lipinski definition) is 6. The van der Waals surface area contributed by atoms with Gasteiger partial charge in [0.1, 0.15) is 12.4 Å². The van der Waals surface area contributed by atoms with Gasteiger partial charge in [-0.25, -0.2) is 4.98 Å². The maximum absolute atomic E-state index is 13.2. The fourth-order valence-electron chi connectivity index (χ4n) is 5.26. The summed E-state index contributed by atoms with van der Waals surface area (Å²) in [6.45, 7) is 13.0. The molecular formula is C26H40N6O2Si. The average molecular weight is 497 g/mol. The average Bonchev–Trinajstić information content (AvgIpc) is 3.25. The van der Waals surface area contributed by atoms with Gasteiger partial charge in [-0.15, -0.1) is 0 Å². The molecule has 1 fully saturated rings. The van der Waals surface area contributed by atoms with Crippen LogP contribution in [0.15, 0.2) is 18.5 Å². The second-order valence-electron chi connectivity index (χ2n) is 11.1. The Morgan fingerprint density at radius 3 is 2.71 bits per heavy atom. The quantitative estimate of drug-likeness (QED) is 0.300. The monoisotopic (exact) mass is 496 g/mol. The van der Waals surface area contributed by atoms with Crippen LogP contribution in [0.5, 0.6) is 0 Å². The van der Waals surface area contributed by atoms with Crippen molar-refractivity contribution in [2.75, 3.05) is 37.8 Å². The van der Waals surface area contributed by atoms with Gasteiger partial charge in [-0.3, -0.25) is 4.79 Å². The molecule has 1 aliphatic heterocycles. The summed E-state index contributed by atoms with van der Waals surface area (Å²) in [5, 5.41) is 13.1. The Balaban J connectivity index is 1.55. The summed E-state index contributed by atoms with van der Waals surface area (Å²) in [6, 6.07) is 5.79. The molecule has 2 aliphatic rings. The fourth-order valence-corrected chi connectivity index (χ4v) is 6.02. The minimum Gasteiger partial charge on any atom is -0.361 e. The zero-order valence-electron chi connectivity index (χ0n) is 21.7. The number of nitriles is 1. The molecule has 3 heterocycles. The van der Waals surface area contributed by atoms with Crippen molar-refractivity contribution in [1.29, 1.82) is 5.26 Å². The number of carbonyl (C=O) groups is 1. The first-order valence-electron chi connectivity index (χ1n) is 13.0. The molecule has 0 saturated heterocycles. The maximum Gasteiger partial charge on any atom is 0.258 e. The van der Waals surface area contributed by atoms with Gasteiger partial charge in [0.2, 0.25) is 0 Å². The van der Waals surface area contributed by atoms with Gasteiger partial charge >= 0.3 is 0 Å². The number of carbonyl (C=O) groups excluding carboxylic acids is 1. The van der Waals surface area contributed by atoms with Crippen molar-refractivity contribution >= 4 is 30.7 Å². The zero-order valence-corrected chi connectivity index (χ0v) is 22.7. The molecule has 2 aromatic heterocycles. The molecule has 190 valence electrons. The Morgan fingerprint density at radius 2 is 2.03 bits per heavy atom. The van der Waals surface area contributed by atoms with E-state index in [1.165, 1.54) is 0 Å². The van der Waals surface area contributed by atoms with E-state index in [0.29, 0.717) is 44.0 Å². The molecule has 1 amide bonds. The molecular weight excluding hydrogens is 456 g/mol. The van der Waals surface area contributed by atoms with Gasteiger partial charge in [0.15, 0.2) is 0 Å². The molecule has 1 N–H and O–H groups in total. The van der Waals surface area contributed by atoms with E-state index in [1.54, 1.807) is 6.20 Å². The highest BCUT2D eigenvalue weighted by Gasteiger charge is 2.36. The summed E-state index contributed by atoms with van der Waals surface area (Å²) < 4.78 is 8.06. The van der Waals surface area contributed by atoms with Crippen LogP contribution in [-0.2, 0) is 11.5 Å². The minimum absolute atomic E-state index is 0.0710. The lowest BCUT2D eigenvalue weighted by atomic mass is 9.84. The number of nitrogens with zero attached hydrogens (tertiary/aromatic N) is 5. The van der Waals surface area contributed by atoms with Crippen LogP contribution in [0.3, 0.4) is 0 Å². The molecule has 0 radical (unpaired) electrons. The maximum atomic E-state index is 13.2. The Labute approximate surface area is 210 Å². The summed E-state index contributed by atoms with van der Waals surface area (Å²) >= 11 is 0. The molecule has 1 aliphatic carbocycles. The SMILES string of the molecule is CCN1CN([C@H]2CC[C@H](CNCC#N)CC2)c2c(cnc3c2ccn3COCC[Si](C)(C)C)C1=O. The largest absolute Gasteiger partial charge is 0.361 e. The topological polar surface area (TPSA) is 86.4 Å². The smallest absolute Gasteiger partial charge is 0.258 e. The first kappa shape index (κ1) is 25.7. The zero-order chi connectivity index (χ0) is 25.0. The summed E-state index contributed by atoms with van der Waals surface area (Å²) in [4.78, 5) is 22.3. The van der Waals surface area contributed by atoms with E-state index >= 15 is 0 Å². The Morgan fingerprint density at radius 1 is 1.26 bits per heavy atom. The molecule has 35 heavy (non-hydrogen) atoms. The van der Waals surface area contributed by atoms with E-state index in [4.69, 9.17) is 15.0 Å². The van der Waals surface area contributed by atoms with Crippen molar-refractivity contribution < 1.29 is 9.53 Å². The highest BCUT2D eigenvalue weighted by Crippen LogP contribution is 2.39. The number of ether oxygens (including phenoxy) is 1. The highest BCUT2D eigenvalue weighted by atomic mass is 28.3. The van der Waals surface area contributed by atoms with Crippen LogP contribution in [0, 0.1) is 17.2 Å². The highest BCUT2D eigenvalue weighted by molar-refractivity contribution is 6.76. The van der Waals surface area contributed by atoms with Crippen molar-refractivity contribution in [1.82, 2.24) is 19.8 Å². The van der Waals surface area contributed by atoms with E-state index in [9.17, 15) is 4.79 Å². The van der Waals surface area contributed by atoms with Gasteiger partial charge in [-0.05, 0) is 57.2 Å². The van der Waals surface area contributed by atoms with Gasteiger partial charge in [0.25, 0.3) is 5.91 Å². The molecule has 1 saturated carbocycles. The number of rotatable bonds is 10. The number of hydrogen-bond donors (Lipinski definition) is 1. The Kier molecular flexibility index (Phi) is 8.15. The third kappa shape index (κ3) is 5.88. The van der Waals surface area contributed by atoms with Gasteiger partial charge in [0, 0.05) is 45.0 Å². The molecule has 8 nitrogen and oxygen atoms in total. The number of nitrogens with one attached hydrogen (secondary N) is 1. The standard InChI is InChI=1S/C26H40N6O2Si/c1-5-30-18-32(21-8-6-20(7-9-21)16-28-12-11-27)24-22-10-13-31(19-34-14-15-35(2,3)4)25(22)29-17-23(24)26(30)33/h10,13,17,20-21,28H,5-9,12,14-16,18-19H2,1-4H3/t20-,21-. The van der Waals surface area contributed by atoms with Crippen molar-refractivity contribution in [2.45, 2.75) is 71.1 Å². The Hall–Kier alpha value is -2.41. The van der Waals surface area contributed by atoms with Gasteiger partial charge in [0.05, 0.1) is 30.5 Å². The first-order chi connectivity index (χ1) is 16.8. The van der Waals surface area contributed by atoms with Crippen molar-refractivity contribution in [3.8, 4) is 6.07 Å². The van der Waals surface area contributed by atoms with Crippen molar-refractivity contribution in [3.63, 3.8) is 0 Å². The van der Waals surface area contributed by atoms with E-state index in [0.717, 1.165) is 61.6 Å². The fraction of sp³-hybridized carbons (Fsp3) is 0.654. The number of pyridine rings is 1. The molecule has 0 spiro atoms. The second-order valence-corrected chi connectivity index (χ2v) is 16.7. The summed E-state index contributed by atoms with van der Waals surface area (Å²) in [5.74, 6) is 0.682. The predicted molar refractivity (Wildman–Crippen MR) is 142 cm³/mol. The van der Waals surface area contributed by atoms with Crippen LogP contribution in [0.1, 0.15) is 43.0 Å². The van der Waals surface area contributed by atoms with E-state index in [2.05, 4.69) is 46.6 Å². The van der Waals surface area contributed by atoms with Crippen LogP contribution in [0.2, 0.25) is 25.7 Å². The molecule has 2 aromatic rings. The van der Waals surface area contributed by atoms with E-state index in [-0.39, 0.29) is 5.91 Å². The number of anilines is 1. The van der Waals surface area contributed by atoms with Crippen molar-refractivity contribution in [3.05, 3.63) is 24.0 Å². The lowest BCUT2D eigenvalue weighted by Crippen LogP contribution is -2.51. The van der Waals surface area contributed by atoms with Gasteiger partial charge in [-0.2, -0.15) is 5.26 Å². The normalized spacial score (nSPS) is 20.8. The van der Waals surface area contributed by atoms with Crippen LogP contribution < -0.4 is 10.2 Å². The van der Waals surface area contributed by atoms with Crippen molar-refractivity contribution in [2.24, 2.45) is 5.92 Å². The number of fused-ring (bicyclic) bond motifs is 3. The molecule has 0 bridgehead atoms. The van der Waals surface area contributed by atoms with E-state index < -0.39 is 8.07 Å². The van der Waals surface area contributed by atoms with Crippen LogP contribution in [-0.4, -0.2) is 67.4 Å². The Bertz CT molecular complexity index is 1060. The molecule has 9 heteroatoms. The third-order valence-electron chi connectivity index (χ3n) is 7.39. The van der Waals surface area contributed by atoms with Gasteiger partial charge < -0.3 is 24.4 Å². The lowest BCUT2D eigenvalue weighted by Gasteiger charge is -2.44. The summed E-state index contributed by atoms with van der Waals surface area (Å²) in [5.41, 5.74) is 2.63. The number of amides is 1. The molecule has 0 unspecified atom stereocenters. The van der Waals surface area contributed by atoms with Crippen LogP contribution in [0.4, 0.5) is 5.69 Å². The second kappa shape index (κ2) is 11.1. The third-order valence-corrected chi connectivity index (χ3v) is 9.09. The van der Waals surface area contributed by atoms with Crippen LogP contribution >= 0.6 is 0 Å². The van der Waals surface area contributed by atoms with Gasteiger partial charge in [-0.1, -0.05) is 19.6 Å². The first-order valence-corrected chi connectivity index (χ1v) is 16.7. The molecule has 4 rings (SSSR count). The number of aromatic nitrogens is 2.